The van der Waals surface area contributed by atoms with Gasteiger partial charge in [-0.25, -0.2) is 13.1 Å². The van der Waals surface area contributed by atoms with Crippen molar-refractivity contribution in [3.8, 4) is 0 Å². The highest BCUT2D eigenvalue weighted by atomic mass is 35.5. The Labute approximate surface area is 117 Å². The van der Waals surface area contributed by atoms with Crippen molar-refractivity contribution in [3.63, 3.8) is 0 Å². The highest BCUT2D eigenvalue weighted by Gasteiger charge is 2.15. The van der Waals surface area contributed by atoms with Crippen LogP contribution in [-0.2, 0) is 23.1 Å². The van der Waals surface area contributed by atoms with Crippen LogP contribution in [0.5, 0.6) is 0 Å². The van der Waals surface area contributed by atoms with Gasteiger partial charge in [-0.2, -0.15) is 5.10 Å². The van der Waals surface area contributed by atoms with Gasteiger partial charge in [-0.15, -0.1) is 0 Å². The number of nitrogens with zero attached hydrogens (tertiary/aromatic N) is 2. The van der Waals surface area contributed by atoms with Crippen molar-refractivity contribution in [1.29, 1.82) is 0 Å². The molecular weight excluding hydrogens is 286 g/mol. The van der Waals surface area contributed by atoms with E-state index in [1.807, 2.05) is 13.0 Å². The number of halogens is 1. The maximum Gasteiger partial charge on any atom is 0.243 e. The molecule has 0 aliphatic carbocycles. The second-order valence-electron chi connectivity index (χ2n) is 3.99. The van der Waals surface area contributed by atoms with Gasteiger partial charge in [-0.1, -0.05) is 23.7 Å². The Morgan fingerprint density at radius 1 is 1.42 bits per heavy atom. The van der Waals surface area contributed by atoms with E-state index in [9.17, 15) is 8.42 Å². The molecule has 0 saturated carbocycles. The molecule has 0 aliphatic rings. The zero-order valence-electron chi connectivity index (χ0n) is 10.4. The number of hydrogen-bond donors (Lipinski definition) is 1. The van der Waals surface area contributed by atoms with Gasteiger partial charge in [0.25, 0.3) is 0 Å². The first-order valence-corrected chi connectivity index (χ1v) is 7.64. The van der Waals surface area contributed by atoms with Crippen molar-refractivity contribution in [2.24, 2.45) is 0 Å². The first-order valence-electron chi connectivity index (χ1n) is 5.78. The predicted molar refractivity (Wildman–Crippen MR) is 73.4 cm³/mol. The summed E-state index contributed by atoms with van der Waals surface area (Å²) < 4.78 is 28.1. The molecule has 1 N–H and O–H groups in total. The van der Waals surface area contributed by atoms with E-state index in [1.54, 1.807) is 22.9 Å². The monoisotopic (exact) mass is 299 g/mol. The number of hydrogen-bond acceptors (Lipinski definition) is 3. The van der Waals surface area contributed by atoms with E-state index in [2.05, 4.69) is 9.82 Å². The number of benzene rings is 1. The summed E-state index contributed by atoms with van der Waals surface area (Å²) in [7, 11) is -3.54. The topological polar surface area (TPSA) is 64.0 Å². The summed E-state index contributed by atoms with van der Waals surface area (Å²) in [6.45, 7) is 2.72. The third-order valence-corrected chi connectivity index (χ3v) is 4.19. The van der Waals surface area contributed by atoms with Gasteiger partial charge in [0.05, 0.1) is 6.20 Å². The zero-order valence-corrected chi connectivity index (χ0v) is 11.9. The fourth-order valence-electron chi connectivity index (χ4n) is 1.56. The van der Waals surface area contributed by atoms with E-state index in [1.165, 1.54) is 12.4 Å². The molecule has 7 heteroatoms. The molecule has 19 heavy (non-hydrogen) atoms. The predicted octanol–water partition coefficient (Wildman–Crippen LogP) is 2.03. The molecule has 1 aromatic heterocycles. The second kappa shape index (κ2) is 5.73. The molecule has 1 heterocycles. The maximum absolute atomic E-state index is 12.0. The van der Waals surface area contributed by atoms with Crippen molar-refractivity contribution in [2.45, 2.75) is 24.9 Å². The van der Waals surface area contributed by atoms with Crippen LogP contribution in [0.1, 0.15) is 12.5 Å². The van der Waals surface area contributed by atoms with Gasteiger partial charge >= 0.3 is 0 Å². The Morgan fingerprint density at radius 3 is 2.84 bits per heavy atom. The number of aromatic nitrogens is 2. The van der Waals surface area contributed by atoms with Gasteiger partial charge in [-0.3, -0.25) is 4.68 Å². The van der Waals surface area contributed by atoms with Crippen LogP contribution in [0.25, 0.3) is 0 Å². The lowest BCUT2D eigenvalue weighted by atomic mass is 10.2. The summed E-state index contributed by atoms with van der Waals surface area (Å²) in [4.78, 5) is 0.163. The molecule has 1 aromatic carbocycles. The van der Waals surface area contributed by atoms with Crippen LogP contribution in [0.2, 0.25) is 5.02 Å². The van der Waals surface area contributed by atoms with E-state index in [-0.39, 0.29) is 11.4 Å². The smallest absolute Gasteiger partial charge is 0.243 e. The SMILES string of the molecule is CCn1cc(S(=O)(=O)NCc2cccc(Cl)c2)cn1. The lowest BCUT2D eigenvalue weighted by Gasteiger charge is -2.05. The largest absolute Gasteiger partial charge is 0.272 e. The Kier molecular flexibility index (Phi) is 4.24. The fraction of sp³-hybridized carbons (Fsp3) is 0.250. The van der Waals surface area contributed by atoms with Gasteiger partial charge in [0.2, 0.25) is 10.0 Å². The standard InChI is InChI=1S/C12H14ClN3O2S/c1-2-16-9-12(8-14-16)19(17,18)15-7-10-4-3-5-11(13)6-10/h3-6,8-9,15H,2,7H2,1H3. The Balaban J connectivity index is 2.09. The summed E-state index contributed by atoms with van der Waals surface area (Å²) in [5.74, 6) is 0. The molecule has 0 fully saturated rings. The quantitative estimate of drug-likeness (QED) is 0.919. The van der Waals surface area contributed by atoms with Gasteiger partial charge in [0, 0.05) is 24.3 Å². The van der Waals surface area contributed by atoms with E-state index in [4.69, 9.17) is 11.6 Å². The van der Waals surface area contributed by atoms with Crippen molar-refractivity contribution in [2.75, 3.05) is 0 Å². The van der Waals surface area contributed by atoms with Crippen LogP contribution in [0.15, 0.2) is 41.6 Å². The summed E-state index contributed by atoms with van der Waals surface area (Å²) in [5.41, 5.74) is 0.805. The lowest BCUT2D eigenvalue weighted by molar-refractivity contribution is 0.581. The van der Waals surface area contributed by atoms with Crippen molar-refractivity contribution in [3.05, 3.63) is 47.2 Å². The minimum atomic E-state index is -3.54. The first-order chi connectivity index (χ1) is 9.01. The van der Waals surface area contributed by atoms with E-state index in [0.717, 1.165) is 5.56 Å². The molecule has 0 bridgehead atoms. The van der Waals surface area contributed by atoms with Crippen LogP contribution in [0.3, 0.4) is 0 Å². The van der Waals surface area contributed by atoms with Crippen molar-refractivity contribution >= 4 is 21.6 Å². The van der Waals surface area contributed by atoms with Crippen molar-refractivity contribution in [1.82, 2.24) is 14.5 Å². The lowest BCUT2D eigenvalue weighted by Crippen LogP contribution is -2.22. The molecule has 0 atom stereocenters. The van der Waals surface area contributed by atoms with Gasteiger partial charge in [0.15, 0.2) is 0 Å². The Morgan fingerprint density at radius 2 is 2.21 bits per heavy atom. The third-order valence-electron chi connectivity index (χ3n) is 2.60. The maximum atomic E-state index is 12.0. The second-order valence-corrected chi connectivity index (χ2v) is 6.19. The van der Waals surface area contributed by atoms with Gasteiger partial charge < -0.3 is 0 Å². The van der Waals surface area contributed by atoms with Gasteiger partial charge in [0.1, 0.15) is 4.90 Å². The molecule has 0 spiro atoms. The molecule has 0 amide bonds. The van der Waals surface area contributed by atoms with Crippen LogP contribution < -0.4 is 4.72 Å². The molecule has 2 aromatic rings. The summed E-state index contributed by atoms with van der Waals surface area (Å²) in [6, 6.07) is 7.05. The molecule has 0 saturated heterocycles. The van der Waals surface area contributed by atoms with E-state index < -0.39 is 10.0 Å². The average Bonchev–Trinajstić information content (AvgIpc) is 2.86. The number of nitrogens with one attached hydrogen (secondary N) is 1. The Bertz CT molecular complexity index is 667. The molecule has 102 valence electrons. The van der Waals surface area contributed by atoms with Crippen LogP contribution >= 0.6 is 11.6 Å². The van der Waals surface area contributed by atoms with Crippen molar-refractivity contribution < 1.29 is 8.42 Å². The molecule has 5 nitrogen and oxygen atoms in total. The molecule has 0 unspecified atom stereocenters. The number of rotatable bonds is 5. The summed E-state index contributed by atoms with van der Waals surface area (Å²) >= 11 is 5.84. The number of sulfonamides is 1. The molecular formula is C12H14ClN3O2S. The minimum absolute atomic E-state index is 0.163. The molecule has 2 rings (SSSR count). The van der Waals surface area contributed by atoms with E-state index >= 15 is 0 Å². The Hall–Kier alpha value is -1.37. The van der Waals surface area contributed by atoms with Gasteiger partial charge in [-0.05, 0) is 24.6 Å². The minimum Gasteiger partial charge on any atom is -0.272 e. The summed E-state index contributed by atoms with van der Waals surface area (Å²) in [6.07, 6.45) is 2.84. The zero-order chi connectivity index (χ0) is 13.9. The molecule has 0 radical (unpaired) electrons. The fourth-order valence-corrected chi connectivity index (χ4v) is 2.75. The third kappa shape index (κ3) is 3.56. The van der Waals surface area contributed by atoms with Crippen LogP contribution in [0, 0.1) is 0 Å². The molecule has 0 aliphatic heterocycles. The summed E-state index contributed by atoms with van der Waals surface area (Å²) in [5, 5.41) is 4.53. The van der Waals surface area contributed by atoms with Crippen LogP contribution in [-0.4, -0.2) is 18.2 Å². The number of aryl methyl sites for hydroxylation is 1. The van der Waals surface area contributed by atoms with Crippen LogP contribution in [0.4, 0.5) is 0 Å². The average molecular weight is 300 g/mol. The highest BCUT2D eigenvalue weighted by molar-refractivity contribution is 7.89. The first kappa shape index (κ1) is 14.0. The van der Waals surface area contributed by atoms with E-state index in [0.29, 0.717) is 11.6 Å². The highest BCUT2D eigenvalue weighted by Crippen LogP contribution is 2.12. The normalized spacial score (nSPS) is 11.7.